The molecule has 5 N–H and O–H groups in total. The van der Waals surface area contributed by atoms with Gasteiger partial charge in [0.15, 0.2) is 17.7 Å². The number of aliphatic hydroxyl groups excluding tert-OH is 2. The highest BCUT2D eigenvalue weighted by molar-refractivity contribution is 6.32. The molecule has 2 fully saturated rings. The van der Waals surface area contributed by atoms with E-state index in [0.717, 1.165) is 25.3 Å². The summed E-state index contributed by atoms with van der Waals surface area (Å²) in [5.74, 6) is 1.27. The van der Waals surface area contributed by atoms with Gasteiger partial charge in [-0.15, -0.1) is 0 Å². The van der Waals surface area contributed by atoms with E-state index in [-0.39, 0.29) is 22.9 Å². The maximum Gasteiger partial charge on any atom is 0.417 e. The second kappa shape index (κ2) is 10.9. The van der Waals surface area contributed by atoms with E-state index in [1.807, 2.05) is 0 Å². The van der Waals surface area contributed by atoms with Crippen molar-refractivity contribution in [2.45, 2.75) is 82.3 Å². The summed E-state index contributed by atoms with van der Waals surface area (Å²) >= 11 is 5.84. The Hall–Kier alpha value is -3.04. The van der Waals surface area contributed by atoms with Gasteiger partial charge in [-0.1, -0.05) is 11.6 Å². The molecule has 3 aromatic heterocycles. The molecule has 1 saturated carbocycles. The number of ether oxygens (including phenoxy) is 1. The van der Waals surface area contributed by atoms with Crippen molar-refractivity contribution in [2.24, 2.45) is 5.92 Å². The van der Waals surface area contributed by atoms with Crippen LogP contribution in [0.2, 0.25) is 5.02 Å². The molecule has 2 aliphatic rings. The molecule has 0 bridgehead atoms. The third-order valence-electron chi connectivity index (χ3n) is 8.45. The number of nitrogens with one attached hydrogen (secondary N) is 1. The van der Waals surface area contributed by atoms with Crippen LogP contribution in [0.1, 0.15) is 50.7 Å². The molecule has 226 valence electrons. The van der Waals surface area contributed by atoms with Crippen molar-refractivity contribution < 1.29 is 28.1 Å². The van der Waals surface area contributed by atoms with Gasteiger partial charge in [-0.05, 0) is 51.2 Å². The van der Waals surface area contributed by atoms with Crippen molar-refractivity contribution in [3.8, 4) is 0 Å². The topological polar surface area (TPSA) is 151 Å². The van der Waals surface area contributed by atoms with Gasteiger partial charge in [0, 0.05) is 25.0 Å². The van der Waals surface area contributed by atoms with Gasteiger partial charge in [0.1, 0.15) is 36.0 Å². The number of nitrogens with zero attached hydrogens (tertiary/aromatic N) is 6. The molecule has 1 saturated heterocycles. The first-order valence-corrected chi connectivity index (χ1v) is 14.2. The van der Waals surface area contributed by atoms with Gasteiger partial charge < -0.3 is 25.7 Å². The Morgan fingerprint density at radius 2 is 1.95 bits per heavy atom. The minimum absolute atomic E-state index is 0.174. The number of nitrogens with two attached hydrogens (primary N) is 1. The van der Waals surface area contributed by atoms with E-state index in [1.165, 1.54) is 18.7 Å². The fraction of sp³-hybridized carbons (Fsp3) is 0.556. The van der Waals surface area contributed by atoms with Gasteiger partial charge in [-0.2, -0.15) is 13.2 Å². The van der Waals surface area contributed by atoms with Crippen LogP contribution in [-0.4, -0.2) is 81.5 Å². The number of aromatic nitrogens is 6. The van der Waals surface area contributed by atoms with Crippen LogP contribution in [0.5, 0.6) is 0 Å². The minimum Gasteiger partial charge on any atom is -0.387 e. The summed E-state index contributed by atoms with van der Waals surface area (Å²) in [6, 6.07) is 2.70. The molecular weight excluding hydrogens is 577 g/mol. The Balaban J connectivity index is 1.06. The number of alkyl halides is 3. The molecule has 1 aliphatic carbocycles. The highest BCUT2D eigenvalue weighted by atomic mass is 35.5. The Morgan fingerprint density at radius 1 is 1.19 bits per heavy atom. The van der Waals surface area contributed by atoms with Crippen molar-refractivity contribution in [1.82, 2.24) is 34.4 Å². The van der Waals surface area contributed by atoms with Crippen molar-refractivity contribution in [3.05, 3.63) is 41.2 Å². The maximum atomic E-state index is 13.2. The van der Waals surface area contributed by atoms with Gasteiger partial charge in [-0.3, -0.25) is 9.47 Å². The second-order valence-corrected chi connectivity index (χ2v) is 11.9. The molecule has 11 nitrogen and oxygen atoms in total. The molecule has 1 aliphatic heterocycles. The SMILES string of the molecule is CC(C)N(C[C@H]1O[C@@H](n2cnc3c(N)ncnc32)[C@H](O)[C@@H]1O)[C@H]1C[C@@H](CCc2nc3cc(Cl)c(C(F)(F)F)cc3[nH]2)C1. The summed E-state index contributed by atoms with van der Waals surface area (Å²) in [7, 11) is 0. The number of hydrogen-bond acceptors (Lipinski definition) is 9. The molecule has 0 spiro atoms. The van der Waals surface area contributed by atoms with Crippen molar-refractivity contribution >= 4 is 39.6 Å². The first-order chi connectivity index (χ1) is 19.9. The highest BCUT2D eigenvalue weighted by Crippen LogP contribution is 2.39. The van der Waals surface area contributed by atoms with Crippen LogP contribution in [0.25, 0.3) is 22.2 Å². The van der Waals surface area contributed by atoms with E-state index in [0.29, 0.717) is 46.9 Å². The number of rotatable bonds is 8. The summed E-state index contributed by atoms with van der Waals surface area (Å²) < 4.78 is 47.3. The largest absolute Gasteiger partial charge is 0.417 e. The minimum atomic E-state index is -4.53. The van der Waals surface area contributed by atoms with Crippen LogP contribution in [0.15, 0.2) is 24.8 Å². The molecule has 4 heterocycles. The van der Waals surface area contributed by atoms with Gasteiger partial charge >= 0.3 is 6.18 Å². The number of H-pyrrole nitrogens is 1. The lowest BCUT2D eigenvalue weighted by Crippen LogP contribution is -2.52. The average Bonchev–Trinajstić information content (AvgIpc) is 3.58. The molecule has 42 heavy (non-hydrogen) atoms. The van der Waals surface area contributed by atoms with E-state index in [1.54, 1.807) is 4.57 Å². The number of imidazole rings is 2. The first kappa shape index (κ1) is 29.1. The van der Waals surface area contributed by atoms with E-state index in [4.69, 9.17) is 22.1 Å². The maximum absolute atomic E-state index is 13.2. The normalized spacial score (nSPS) is 26.6. The number of hydrogen-bond donors (Lipinski definition) is 4. The summed E-state index contributed by atoms with van der Waals surface area (Å²) in [5.41, 5.74) is 6.54. The van der Waals surface area contributed by atoms with Crippen LogP contribution in [0.3, 0.4) is 0 Å². The van der Waals surface area contributed by atoms with Gasteiger partial charge in [0.05, 0.1) is 27.9 Å². The molecule has 0 radical (unpaired) electrons. The summed E-state index contributed by atoms with van der Waals surface area (Å²) in [6.45, 7) is 4.60. The quantitative estimate of drug-likeness (QED) is 0.235. The molecule has 4 aromatic rings. The Labute approximate surface area is 243 Å². The molecule has 0 amide bonds. The third kappa shape index (κ3) is 5.30. The fourth-order valence-corrected chi connectivity index (χ4v) is 6.39. The first-order valence-electron chi connectivity index (χ1n) is 13.9. The lowest BCUT2D eigenvalue weighted by atomic mass is 9.76. The molecule has 4 atom stereocenters. The number of aromatic amines is 1. The second-order valence-electron chi connectivity index (χ2n) is 11.5. The van der Waals surface area contributed by atoms with Crippen LogP contribution >= 0.6 is 11.6 Å². The number of anilines is 1. The number of aliphatic hydroxyl groups is 2. The van der Waals surface area contributed by atoms with Crippen LogP contribution in [0.4, 0.5) is 19.0 Å². The van der Waals surface area contributed by atoms with Crippen LogP contribution in [0, 0.1) is 5.92 Å². The Morgan fingerprint density at radius 3 is 2.67 bits per heavy atom. The van der Waals surface area contributed by atoms with Gasteiger partial charge in [-0.25, -0.2) is 19.9 Å². The Bertz CT molecular complexity index is 1590. The number of nitrogen functional groups attached to an aromatic ring is 1. The zero-order valence-corrected chi connectivity index (χ0v) is 23.7. The zero-order valence-electron chi connectivity index (χ0n) is 23.0. The highest BCUT2D eigenvalue weighted by Gasteiger charge is 2.46. The van der Waals surface area contributed by atoms with Crippen molar-refractivity contribution in [2.75, 3.05) is 12.3 Å². The smallest absolute Gasteiger partial charge is 0.387 e. The van der Waals surface area contributed by atoms with E-state index in [2.05, 4.69) is 43.7 Å². The van der Waals surface area contributed by atoms with Gasteiger partial charge in [0.25, 0.3) is 0 Å². The summed E-state index contributed by atoms with van der Waals surface area (Å²) in [4.78, 5) is 22.1. The van der Waals surface area contributed by atoms with Crippen molar-refractivity contribution in [3.63, 3.8) is 0 Å². The van der Waals surface area contributed by atoms with Gasteiger partial charge in [0.2, 0.25) is 0 Å². The standard InChI is InChI=1S/C27H32ClF3N8O3/c1-12(2)38(9-19-22(40)23(41)26(42-19)39-11-35-21-24(32)33-10-34-25(21)39)14-5-13(6-14)3-4-20-36-17-7-15(27(29,30)31)16(28)8-18(17)37-20/h7-8,10-14,19,22-23,26,40-41H,3-6,9H2,1-2H3,(H,36,37)(H2,32,33,34)/t13-,14+,19-,22-,23-,26-/m1/s1. The number of aryl methyl sites for hydroxylation is 1. The predicted molar refractivity (Wildman–Crippen MR) is 148 cm³/mol. The monoisotopic (exact) mass is 608 g/mol. The molecular formula is C27H32ClF3N8O3. The fourth-order valence-electron chi connectivity index (χ4n) is 6.12. The molecule has 6 rings (SSSR count). The lowest BCUT2D eigenvalue weighted by molar-refractivity contribution is -0.137. The molecule has 0 unspecified atom stereocenters. The number of benzene rings is 1. The molecule has 15 heteroatoms. The lowest BCUT2D eigenvalue weighted by Gasteiger charge is -2.46. The number of halogens is 4. The summed E-state index contributed by atoms with van der Waals surface area (Å²) in [6.07, 6.45) is -2.24. The Kier molecular flexibility index (Phi) is 7.54. The summed E-state index contributed by atoms with van der Waals surface area (Å²) in [5, 5.41) is 21.4. The van der Waals surface area contributed by atoms with Crippen LogP contribution in [-0.2, 0) is 17.3 Å². The van der Waals surface area contributed by atoms with E-state index >= 15 is 0 Å². The van der Waals surface area contributed by atoms with E-state index < -0.39 is 36.3 Å². The predicted octanol–water partition coefficient (Wildman–Crippen LogP) is 3.70. The average molecular weight is 609 g/mol. The van der Waals surface area contributed by atoms with Crippen molar-refractivity contribution in [1.29, 1.82) is 0 Å². The van der Waals surface area contributed by atoms with E-state index in [9.17, 15) is 23.4 Å². The number of fused-ring (bicyclic) bond motifs is 2. The third-order valence-corrected chi connectivity index (χ3v) is 8.76. The zero-order chi connectivity index (χ0) is 29.9. The van der Waals surface area contributed by atoms with Crippen LogP contribution < -0.4 is 5.73 Å². The molecule has 1 aromatic carbocycles.